The van der Waals surface area contributed by atoms with Crippen LogP contribution < -0.4 is 16.0 Å². The molecule has 0 aliphatic carbocycles. The molecule has 3 rings (SSSR count). The van der Waals surface area contributed by atoms with E-state index < -0.39 is 0 Å². The largest absolute Gasteiger partial charge is 0.359 e. The molecule has 0 radical (unpaired) electrons. The molecule has 1 aromatic heterocycles. The number of hydrogen-bond acceptors (Lipinski definition) is 5. The third kappa shape index (κ3) is 3.84. The summed E-state index contributed by atoms with van der Waals surface area (Å²) < 4.78 is 0. The van der Waals surface area contributed by atoms with Gasteiger partial charge in [0.2, 0.25) is 5.91 Å². The number of hydrogen-bond donors (Lipinski definition) is 3. The summed E-state index contributed by atoms with van der Waals surface area (Å²) in [5.74, 6) is 0.324. The molecule has 24 heavy (non-hydrogen) atoms. The SMILES string of the molecule is CCC(CNC(=O)c1cnc2c(c1)NC(=O)CN2)N1CCCCC1. The first kappa shape index (κ1) is 16.7. The van der Waals surface area contributed by atoms with Crippen LogP contribution in [-0.4, -0.2) is 53.9 Å². The summed E-state index contributed by atoms with van der Waals surface area (Å²) in [6.45, 7) is 5.24. The maximum Gasteiger partial charge on any atom is 0.252 e. The minimum Gasteiger partial charge on any atom is -0.359 e. The molecule has 1 unspecified atom stereocenters. The first-order chi connectivity index (χ1) is 11.7. The lowest BCUT2D eigenvalue weighted by Crippen LogP contribution is -2.45. The number of aromatic nitrogens is 1. The standard InChI is InChI=1S/C17H25N5O2/c1-2-13(22-6-4-3-5-7-22)10-20-17(24)12-8-14-16(18-9-12)19-11-15(23)21-14/h8-9,13H,2-7,10-11H2,1H3,(H,18,19)(H,20,24)(H,21,23). The molecule has 1 fully saturated rings. The van der Waals surface area contributed by atoms with E-state index in [1.54, 1.807) is 12.3 Å². The number of anilines is 2. The Labute approximate surface area is 142 Å². The van der Waals surface area contributed by atoms with Crippen molar-refractivity contribution >= 4 is 23.3 Å². The van der Waals surface area contributed by atoms with Crippen LogP contribution in [0.2, 0.25) is 0 Å². The zero-order chi connectivity index (χ0) is 16.9. The first-order valence-electron chi connectivity index (χ1n) is 8.73. The van der Waals surface area contributed by atoms with Gasteiger partial charge in [-0.1, -0.05) is 13.3 Å². The van der Waals surface area contributed by atoms with Crippen molar-refractivity contribution in [1.82, 2.24) is 15.2 Å². The fourth-order valence-electron chi connectivity index (χ4n) is 3.31. The van der Waals surface area contributed by atoms with Crippen LogP contribution in [0.5, 0.6) is 0 Å². The van der Waals surface area contributed by atoms with Crippen LogP contribution in [-0.2, 0) is 4.79 Å². The van der Waals surface area contributed by atoms with Crippen molar-refractivity contribution in [3.05, 3.63) is 17.8 Å². The van der Waals surface area contributed by atoms with E-state index >= 15 is 0 Å². The van der Waals surface area contributed by atoms with Gasteiger partial charge in [-0.2, -0.15) is 0 Å². The average molecular weight is 331 g/mol. The van der Waals surface area contributed by atoms with Crippen LogP contribution in [0, 0.1) is 0 Å². The van der Waals surface area contributed by atoms with Crippen LogP contribution in [0.3, 0.4) is 0 Å². The number of nitrogens with zero attached hydrogens (tertiary/aromatic N) is 2. The normalized spacial score (nSPS) is 19.0. The summed E-state index contributed by atoms with van der Waals surface area (Å²) in [7, 11) is 0. The zero-order valence-electron chi connectivity index (χ0n) is 14.1. The number of carbonyl (C=O) groups excluding carboxylic acids is 2. The summed E-state index contributed by atoms with van der Waals surface area (Å²) in [4.78, 5) is 30.5. The molecular formula is C17H25N5O2. The van der Waals surface area contributed by atoms with Gasteiger partial charge in [-0.05, 0) is 38.4 Å². The van der Waals surface area contributed by atoms with Crippen LogP contribution in [0.4, 0.5) is 11.5 Å². The molecule has 1 aromatic rings. The Morgan fingerprint density at radius 1 is 1.38 bits per heavy atom. The molecule has 3 heterocycles. The highest BCUT2D eigenvalue weighted by molar-refractivity contribution is 6.02. The molecule has 130 valence electrons. The Morgan fingerprint density at radius 3 is 2.92 bits per heavy atom. The Bertz CT molecular complexity index is 613. The van der Waals surface area contributed by atoms with Crippen LogP contribution in [0.15, 0.2) is 12.3 Å². The molecule has 7 heteroatoms. The minimum atomic E-state index is -0.152. The summed E-state index contributed by atoms with van der Waals surface area (Å²) in [5, 5.41) is 8.66. The molecule has 1 atom stereocenters. The smallest absolute Gasteiger partial charge is 0.252 e. The molecule has 2 aliphatic heterocycles. The van der Waals surface area contributed by atoms with Gasteiger partial charge in [-0.25, -0.2) is 4.98 Å². The maximum absolute atomic E-state index is 12.4. The van der Waals surface area contributed by atoms with E-state index in [0.717, 1.165) is 19.5 Å². The minimum absolute atomic E-state index is 0.127. The van der Waals surface area contributed by atoms with Gasteiger partial charge in [0, 0.05) is 18.8 Å². The monoisotopic (exact) mass is 331 g/mol. The van der Waals surface area contributed by atoms with Crippen molar-refractivity contribution in [3.8, 4) is 0 Å². The second-order valence-electron chi connectivity index (χ2n) is 6.39. The van der Waals surface area contributed by atoms with Gasteiger partial charge in [0.05, 0.1) is 17.8 Å². The predicted octanol–water partition coefficient (Wildman–Crippen LogP) is 1.44. The number of rotatable bonds is 5. The zero-order valence-corrected chi connectivity index (χ0v) is 14.1. The molecule has 1 saturated heterocycles. The highest BCUT2D eigenvalue weighted by atomic mass is 16.2. The van der Waals surface area contributed by atoms with Gasteiger partial charge in [0.25, 0.3) is 5.91 Å². The molecule has 0 aromatic carbocycles. The van der Waals surface area contributed by atoms with Crippen LogP contribution in [0.1, 0.15) is 43.0 Å². The number of pyridine rings is 1. The van der Waals surface area contributed by atoms with Gasteiger partial charge in [0.1, 0.15) is 5.82 Å². The van der Waals surface area contributed by atoms with E-state index in [2.05, 4.69) is 32.8 Å². The highest BCUT2D eigenvalue weighted by Gasteiger charge is 2.21. The molecule has 0 spiro atoms. The first-order valence-corrected chi connectivity index (χ1v) is 8.73. The number of nitrogens with one attached hydrogen (secondary N) is 3. The van der Waals surface area contributed by atoms with Gasteiger partial charge in [-0.15, -0.1) is 0 Å². The quantitative estimate of drug-likeness (QED) is 0.760. The van der Waals surface area contributed by atoms with Gasteiger partial charge in [-0.3, -0.25) is 14.5 Å². The highest BCUT2D eigenvalue weighted by Crippen LogP contribution is 2.22. The van der Waals surface area contributed by atoms with Gasteiger partial charge < -0.3 is 16.0 Å². The lowest BCUT2D eigenvalue weighted by Gasteiger charge is -2.34. The van der Waals surface area contributed by atoms with Crippen LogP contribution in [0.25, 0.3) is 0 Å². The van der Waals surface area contributed by atoms with E-state index in [1.807, 2.05) is 0 Å². The fraction of sp³-hybridized carbons (Fsp3) is 0.588. The second-order valence-corrected chi connectivity index (χ2v) is 6.39. The molecule has 2 amide bonds. The molecule has 0 bridgehead atoms. The predicted molar refractivity (Wildman–Crippen MR) is 93.2 cm³/mol. The Hall–Kier alpha value is -2.15. The van der Waals surface area contributed by atoms with Crippen molar-refractivity contribution in [2.24, 2.45) is 0 Å². The number of likely N-dealkylation sites (tertiary alicyclic amines) is 1. The van der Waals surface area contributed by atoms with Crippen LogP contribution >= 0.6 is 0 Å². The lowest BCUT2D eigenvalue weighted by atomic mass is 10.1. The molecular weight excluding hydrogens is 306 g/mol. The molecule has 0 saturated carbocycles. The fourth-order valence-corrected chi connectivity index (χ4v) is 3.31. The van der Waals surface area contributed by atoms with Crippen molar-refractivity contribution in [3.63, 3.8) is 0 Å². The lowest BCUT2D eigenvalue weighted by molar-refractivity contribution is -0.114. The van der Waals surface area contributed by atoms with E-state index in [0.29, 0.717) is 29.7 Å². The molecule has 2 aliphatic rings. The van der Waals surface area contributed by atoms with Crippen molar-refractivity contribution in [2.45, 2.75) is 38.6 Å². The molecule has 3 N–H and O–H groups in total. The third-order valence-electron chi connectivity index (χ3n) is 4.72. The Morgan fingerprint density at radius 2 is 2.17 bits per heavy atom. The van der Waals surface area contributed by atoms with Crippen molar-refractivity contribution in [2.75, 3.05) is 36.8 Å². The number of carbonyl (C=O) groups is 2. The second kappa shape index (κ2) is 7.61. The summed E-state index contributed by atoms with van der Waals surface area (Å²) >= 11 is 0. The summed E-state index contributed by atoms with van der Waals surface area (Å²) in [5.41, 5.74) is 1.02. The van der Waals surface area contributed by atoms with E-state index in [9.17, 15) is 9.59 Å². The number of amides is 2. The number of fused-ring (bicyclic) bond motifs is 1. The Balaban J connectivity index is 1.60. The topological polar surface area (TPSA) is 86.4 Å². The number of piperidine rings is 1. The Kier molecular flexibility index (Phi) is 5.30. The molecule has 7 nitrogen and oxygen atoms in total. The summed E-state index contributed by atoms with van der Waals surface area (Å²) in [6.07, 6.45) is 6.35. The van der Waals surface area contributed by atoms with Gasteiger partial charge >= 0.3 is 0 Å². The maximum atomic E-state index is 12.4. The van der Waals surface area contributed by atoms with Crippen molar-refractivity contribution in [1.29, 1.82) is 0 Å². The van der Waals surface area contributed by atoms with Gasteiger partial charge in [0.15, 0.2) is 0 Å². The van der Waals surface area contributed by atoms with E-state index in [1.165, 1.54) is 19.3 Å². The average Bonchev–Trinajstić information content (AvgIpc) is 2.62. The van der Waals surface area contributed by atoms with E-state index in [-0.39, 0.29) is 18.4 Å². The summed E-state index contributed by atoms with van der Waals surface area (Å²) in [6, 6.07) is 2.05. The third-order valence-corrected chi connectivity index (χ3v) is 4.72. The van der Waals surface area contributed by atoms with E-state index in [4.69, 9.17) is 0 Å². The van der Waals surface area contributed by atoms with Crippen molar-refractivity contribution < 1.29 is 9.59 Å².